The summed E-state index contributed by atoms with van der Waals surface area (Å²) in [4.78, 5) is 27.4. The summed E-state index contributed by atoms with van der Waals surface area (Å²) >= 11 is 2.84. The molecule has 1 aliphatic carbocycles. The number of hydrogen-bond acceptors (Lipinski definition) is 7. The van der Waals surface area contributed by atoms with Crippen molar-refractivity contribution in [1.82, 2.24) is 20.1 Å². The molecule has 0 radical (unpaired) electrons. The fraction of sp³-hybridized carbons (Fsp3) is 0.308. The van der Waals surface area contributed by atoms with Crippen LogP contribution in [0.2, 0.25) is 0 Å². The van der Waals surface area contributed by atoms with Crippen molar-refractivity contribution in [2.45, 2.75) is 50.9 Å². The number of carbonyl (C=O) groups excluding carboxylic acids is 2. The molecule has 2 amide bonds. The molecule has 3 heterocycles. The quantitative estimate of drug-likeness (QED) is 0.295. The van der Waals surface area contributed by atoms with Crippen molar-refractivity contribution in [3.63, 3.8) is 0 Å². The number of nitrogens with one attached hydrogen (secondary N) is 2. The van der Waals surface area contributed by atoms with Crippen molar-refractivity contribution in [3.05, 3.63) is 70.3 Å². The molecular formula is C26H27N5O3S2. The number of aromatic nitrogens is 3. The fourth-order valence-corrected chi connectivity index (χ4v) is 6.43. The smallest absolute Gasteiger partial charge is 0.254 e. The van der Waals surface area contributed by atoms with E-state index >= 15 is 0 Å². The highest BCUT2D eigenvalue weighted by molar-refractivity contribution is 7.99. The highest BCUT2D eigenvalue weighted by Crippen LogP contribution is 2.38. The fourth-order valence-electron chi connectivity index (χ4n) is 4.32. The lowest BCUT2D eigenvalue weighted by Gasteiger charge is -2.13. The number of carbonyl (C=O) groups is 2. The molecule has 1 aliphatic rings. The van der Waals surface area contributed by atoms with E-state index in [-0.39, 0.29) is 17.6 Å². The Balaban J connectivity index is 1.28. The number of thiophene rings is 1. The summed E-state index contributed by atoms with van der Waals surface area (Å²) in [7, 11) is 0. The number of thioether (sulfide) groups is 1. The van der Waals surface area contributed by atoms with E-state index in [9.17, 15) is 9.59 Å². The molecule has 0 spiro atoms. The van der Waals surface area contributed by atoms with Crippen molar-refractivity contribution in [2.24, 2.45) is 0 Å². The van der Waals surface area contributed by atoms with Gasteiger partial charge < -0.3 is 15.1 Å². The monoisotopic (exact) mass is 521 g/mol. The molecule has 0 saturated heterocycles. The van der Waals surface area contributed by atoms with Gasteiger partial charge in [0.05, 0.1) is 17.6 Å². The largest absolute Gasteiger partial charge is 0.461 e. The zero-order valence-electron chi connectivity index (χ0n) is 20.0. The van der Waals surface area contributed by atoms with Crippen LogP contribution in [0.3, 0.4) is 0 Å². The average molecular weight is 522 g/mol. The van der Waals surface area contributed by atoms with Gasteiger partial charge in [0.25, 0.3) is 5.91 Å². The molecular weight excluding hydrogens is 494 g/mol. The number of rotatable bonds is 9. The Labute approximate surface area is 217 Å². The van der Waals surface area contributed by atoms with Crippen molar-refractivity contribution >= 4 is 39.9 Å². The zero-order valence-corrected chi connectivity index (χ0v) is 21.6. The maximum atomic E-state index is 13.2. The van der Waals surface area contributed by atoms with Crippen LogP contribution in [0, 0.1) is 0 Å². The van der Waals surface area contributed by atoms with E-state index in [4.69, 9.17) is 4.42 Å². The summed E-state index contributed by atoms with van der Waals surface area (Å²) in [6.07, 6.45) is 5.56. The molecule has 186 valence electrons. The third-order valence-electron chi connectivity index (χ3n) is 6.05. The summed E-state index contributed by atoms with van der Waals surface area (Å²) in [5.41, 5.74) is 2.72. The number of nitrogens with zero attached hydrogens (tertiary/aromatic N) is 3. The number of aryl methyl sites for hydroxylation is 1. The molecule has 0 aliphatic heterocycles. The highest BCUT2D eigenvalue weighted by atomic mass is 32.2. The second-order valence-electron chi connectivity index (χ2n) is 8.45. The zero-order chi connectivity index (χ0) is 24.9. The number of amides is 2. The van der Waals surface area contributed by atoms with Gasteiger partial charge in [-0.3, -0.25) is 14.2 Å². The molecule has 0 saturated carbocycles. The molecule has 36 heavy (non-hydrogen) atoms. The molecule has 0 fully saturated rings. The second kappa shape index (κ2) is 11.1. The average Bonchev–Trinajstić information content (AvgIpc) is 3.64. The Morgan fingerprint density at radius 1 is 1.11 bits per heavy atom. The van der Waals surface area contributed by atoms with Crippen LogP contribution >= 0.6 is 23.1 Å². The molecule has 8 nitrogen and oxygen atoms in total. The lowest BCUT2D eigenvalue weighted by Crippen LogP contribution is -2.25. The van der Waals surface area contributed by atoms with E-state index < -0.39 is 0 Å². The Morgan fingerprint density at radius 2 is 1.94 bits per heavy atom. The predicted octanol–water partition coefficient (Wildman–Crippen LogP) is 5.16. The first-order chi connectivity index (χ1) is 17.6. The minimum atomic E-state index is -0.180. The molecule has 3 aromatic heterocycles. The van der Waals surface area contributed by atoms with Gasteiger partial charge in [-0.1, -0.05) is 42.1 Å². The standard InChI is InChI=1S/C26H27N5O3S2/c1-2-31-23(19-12-8-14-34-19)29-30-26(31)35-16-21(32)28-25-22(18-11-6-7-13-20(18)36-25)24(33)27-15-17-9-4-3-5-10-17/h3-5,8-10,12,14H,2,6-7,11,13,15-16H2,1H3,(H,27,33)(H,28,32). The maximum absolute atomic E-state index is 13.2. The minimum absolute atomic E-state index is 0.143. The van der Waals surface area contributed by atoms with E-state index in [1.54, 1.807) is 12.3 Å². The first kappa shape index (κ1) is 24.3. The van der Waals surface area contributed by atoms with E-state index in [1.807, 2.05) is 47.9 Å². The van der Waals surface area contributed by atoms with E-state index in [0.717, 1.165) is 36.8 Å². The SMILES string of the molecule is CCn1c(SCC(=O)Nc2sc3c(c2C(=O)NCc2ccccc2)CCCC3)nnc1-c1ccco1. The summed E-state index contributed by atoms with van der Waals surface area (Å²) in [5.74, 6) is 1.10. The number of hydrogen-bond donors (Lipinski definition) is 2. The van der Waals surface area contributed by atoms with E-state index in [0.29, 0.717) is 40.4 Å². The molecule has 1 aromatic carbocycles. The molecule has 0 unspecified atom stereocenters. The lowest BCUT2D eigenvalue weighted by atomic mass is 9.95. The Kier molecular flexibility index (Phi) is 7.52. The van der Waals surface area contributed by atoms with Crippen LogP contribution in [-0.4, -0.2) is 32.3 Å². The van der Waals surface area contributed by atoms with Crippen LogP contribution in [0.5, 0.6) is 0 Å². The van der Waals surface area contributed by atoms with Crippen molar-refractivity contribution in [3.8, 4) is 11.6 Å². The van der Waals surface area contributed by atoms with Crippen LogP contribution in [-0.2, 0) is 30.7 Å². The van der Waals surface area contributed by atoms with Crippen LogP contribution < -0.4 is 10.6 Å². The van der Waals surface area contributed by atoms with Gasteiger partial charge in [-0.25, -0.2) is 0 Å². The van der Waals surface area contributed by atoms with Gasteiger partial charge in [-0.05, 0) is 55.9 Å². The topological polar surface area (TPSA) is 102 Å². The third-order valence-corrected chi connectivity index (χ3v) is 8.23. The third kappa shape index (κ3) is 5.24. The first-order valence-electron chi connectivity index (χ1n) is 12.0. The van der Waals surface area contributed by atoms with Crippen molar-refractivity contribution in [2.75, 3.05) is 11.1 Å². The summed E-state index contributed by atoms with van der Waals surface area (Å²) in [6, 6.07) is 13.5. The van der Waals surface area contributed by atoms with Gasteiger partial charge >= 0.3 is 0 Å². The maximum Gasteiger partial charge on any atom is 0.254 e. The van der Waals surface area contributed by atoms with E-state index in [2.05, 4.69) is 20.8 Å². The molecule has 2 N–H and O–H groups in total. The van der Waals surface area contributed by atoms with E-state index in [1.165, 1.54) is 28.0 Å². The Bertz CT molecular complexity index is 1350. The summed E-state index contributed by atoms with van der Waals surface area (Å²) < 4.78 is 7.37. The van der Waals surface area contributed by atoms with Crippen LogP contribution in [0.25, 0.3) is 11.6 Å². The first-order valence-corrected chi connectivity index (χ1v) is 13.8. The Morgan fingerprint density at radius 3 is 2.72 bits per heavy atom. The van der Waals surface area contributed by atoms with Crippen LogP contribution in [0.4, 0.5) is 5.00 Å². The number of anilines is 1. The van der Waals surface area contributed by atoms with Gasteiger partial charge in [0, 0.05) is 18.0 Å². The number of fused-ring (bicyclic) bond motifs is 1. The highest BCUT2D eigenvalue weighted by Gasteiger charge is 2.26. The van der Waals surface area contributed by atoms with Crippen molar-refractivity contribution < 1.29 is 14.0 Å². The van der Waals surface area contributed by atoms with Gasteiger partial charge in [-0.15, -0.1) is 21.5 Å². The second-order valence-corrected chi connectivity index (χ2v) is 10.5. The predicted molar refractivity (Wildman–Crippen MR) is 141 cm³/mol. The van der Waals surface area contributed by atoms with Crippen molar-refractivity contribution in [1.29, 1.82) is 0 Å². The molecule has 4 aromatic rings. The number of furan rings is 1. The van der Waals surface area contributed by atoms with Gasteiger partial charge in [-0.2, -0.15) is 0 Å². The minimum Gasteiger partial charge on any atom is -0.461 e. The normalized spacial score (nSPS) is 12.8. The molecule has 0 bridgehead atoms. The van der Waals surface area contributed by atoms with Gasteiger partial charge in [0.1, 0.15) is 5.00 Å². The summed E-state index contributed by atoms with van der Waals surface area (Å²) in [5, 5.41) is 15.8. The van der Waals surface area contributed by atoms with Gasteiger partial charge in [0.15, 0.2) is 16.7 Å². The lowest BCUT2D eigenvalue weighted by molar-refractivity contribution is -0.113. The van der Waals surface area contributed by atoms with Gasteiger partial charge in [0.2, 0.25) is 5.91 Å². The Hall–Kier alpha value is -3.37. The molecule has 5 rings (SSSR count). The molecule has 10 heteroatoms. The number of benzene rings is 1. The van der Waals surface area contributed by atoms with Crippen LogP contribution in [0.1, 0.15) is 46.1 Å². The summed E-state index contributed by atoms with van der Waals surface area (Å²) in [6.45, 7) is 3.09. The van der Waals surface area contributed by atoms with Crippen LogP contribution in [0.15, 0.2) is 58.3 Å². The molecule has 0 atom stereocenters.